The van der Waals surface area contributed by atoms with Crippen LogP contribution in [0.5, 0.6) is 0 Å². The molecule has 0 aromatic heterocycles. The summed E-state index contributed by atoms with van der Waals surface area (Å²) in [5.41, 5.74) is 2.38. The Morgan fingerprint density at radius 1 is 0.652 bits per heavy atom. The lowest BCUT2D eigenvalue weighted by molar-refractivity contribution is 0.500. The molecular formula is C20H27O2P. The van der Waals surface area contributed by atoms with Crippen molar-refractivity contribution >= 4 is 18.0 Å². The Labute approximate surface area is 140 Å². The van der Waals surface area contributed by atoms with Crippen LogP contribution in [0.2, 0.25) is 0 Å². The second-order valence-corrected chi connectivity index (χ2v) is 10.4. The molecule has 0 fully saturated rings. The smallest absolute Gasteiger partial charge is 0.258 e. The summed E-state index contributed by atoms with van der Waals surface area (Å²) in [6.07, 6.45) is 0. The molecule has 0 atom stereocenters. The van der Waals surface area contributed by atoms with E-state index in [1.165, 1.54) is 0 Å². The average molecular weight is 330 g/mol. The van der Waals surface area contributed by atoms with Gasteiger partial charge in [0.1, 0.15) is 0 Å². The summed E-state index contributed by atoms with van der Waals surface area (Å²) in [7, 11) is -3.54. The van der Waals surface area contributed by atoms with Crippen molar-refractivity contribution in [1.29, 1.82) is 0 Å². The summed E-state index contributed by atoms with van der Waals surface area (Å²) in [5.74, 6) is 0. The zero-order valence-corrected chi connectivity index (χ0v) is 15.8. The third-order valence-electron chi connectivity index (χ3n) is 4.17. The van der Waals surface area contributed by atoms with E-state index in [4.69, 9.17) is 0 Å². The van der Waals surface area contributed by atoms with Gasteiger partial charge in [-0.1, -0.05) is 65.8 Å². The van der Waals surface area contributed by atoms with E-state index in [2.05, 4.69) is 41.5 Å². The summed E-state index contributed by atoms with van der Waals surface area (Å²) in [4.78, 5) is 10.6. The number of hydrogen-bond donors (Lipinski definition) is 1. The highest BCUT2D eigenvalue weighted by Crippen LogP contribution is 2.39. The molecule has 0 amide bonds. The lowest BCUT2D eigenvalue weighted by Gasteiger charge is -2.21. The molecule has 2 rings (SSSR count). The molecule has 0 saturated heterocycles. The van der Waals surface area contributed by atoms with E-state index in [1.54, 1.807) is 24.3 Å². The first-order valence-corrected chi connectivity index (χ1v) is 9.63. The van der Waals surface area contributed by atoms with Crippen molar-refractivity contribution in [2.45, 2.75) is 52.4 Å². The predicted molar refractivity (Wildman–Crippen MR) is 99.4 cm³/mol. The van der Waals surface area contributed by atoms with Gasteiger partial charge in [-0.3, -0.25) is 4.57 Å². The number of rotatable bonds is 2. The molecule has 23 heavy (non-hydrogen) atoms. The number of hydrogen-bond acceptors (Lipinski definition) is 1. The van der Waals surface area contributed by atoms with Gasteiger partial charge in [0, 0.05) is 10.6 Å². The molecule has 0 unspecified atom stereocenters. The Morgan fingerprint density at radius 3 is 1.13 bits per heavy atom. The van der Waals surface area contributed by atoms with Gasteiger partial charge in [-0.05, 0) is 46.2 Å². The molecule has 0 aliphatic heterocycles. The minimum absolute atomic E-state index is 0.0341. The van der Waals surface area contributed by atoms with Crippen LogP contribution in [0.25, 0.3) is 0 Å². The third kappa shape index (κ3) is 3.94. The van der Waals surface area contributed by atoms with Crippen LogP contribution >= 0.6 is 7.37 Å². The van der Waals surface area contributed by atoms with Crippen LogP contribution in [0.15, 0.2) is 48.5 Å². The van der Waals surface area contributed by atoms with Crippen LogP contribution in [-0.2, 0) is 15.4 Å². The van der Waals surface area contributed by atoms with E-state index in [-0.39, 0.29) is 10.8 Å². The maximum absolute atomic E-state index is 12.9. The molecule has 0 bridgehead atoms. The van der Waals surface area contributed by atoms with Crippen molar-refractivity contribution in [2.75, 3.05) is 0 Å². The normalized spacial score (nSPS) is 13.2. The minimum Gasteiger partial charge on any atom is -0.338 e. The van der Waals surface area contributed by atoms with Crippen LogP contribution in [0.3, 0.4) is 0 Å². The van der Waals surface area contributed by atoms with E-state index in [0.717, 1.165) is 11.1 Å². The number of benzene rings is 2. The highest BCUT2D eigenvalue weighted by atomic mass is 31.2. The molecule has 0 aliphatic rings. The Balaban J connectivity index is 2.36. The highest BCUT2D eigenvalue weighted by Gasteiger charge is 2.25. The SMILES string of the molecule is CC(C)(C)c1ccc(P(=O)(O)c2ccc(C(C)(C)C)cc2)cc1. The van der Waals surface area contributed by atoms with Gasteiger partial charge in [0.25, 0.3) is 7.37 Å². The van der Waals surface area contributed by atoms with Gasteiger partial charge in [-0.2, -0.15) is 0 Å². The molecule has 2 aromatic carbocycles. The van der Waals surface area contributed by atoms with Crippen molar-refractivity contribution in [3.63, 3.8) is 0 Å². The van der Waals surface area contributed by atoms with Crippen molar-refractivity contribution in [3.8, 4) is 0 Å². The quantitative estimate of drug-likeness (QED) is 0.823. The van der Waals surface area contributed by atoms with Gasteiger partial charge in [0.2, 0.25) is 0 Å². The first kappa shape index (κ1) is 18.0. The lowest BCUT2D eigenvalue weighted by Crippen LogP contribution is -2.19. The maximum Gasteiger partial charge on any atom is 0.258 e. The Hall–Kier alpha value is -1.37. The van der Waals surface area contributed by atoms with Crippen LogP contribution in [0.1, 0.15) is 52.7 Å². The second-order valence-electron chi connectivity index (χ2n) is 8.17. The van der Waals surface area contributed by atoms with E-state index < -0.39 is 7.37 Å². The van der Waals surface area contributed by atoms with E-state index >= 15 is 0 Å². The molecule has 0 spiro atoms. The first-order valence-electron chi connectivity index (χ1n) is 7.97. The monoisotopic (exact) mass is 330 g/mol. The molecule has 0 saturated carbocycles. The van der Waals surface area contributed by atoms with Gasteiger partial charge in [-0.25, -0.2) is 0 Å². The van der Waals surface area contributed by atoms with Crippen LogP contribution in [-0.4, -0.2) is 4.89 Å². The summed E-state index contributed by atoms with van der Waals surface area (Å²) < 4.78 is 12.9. The minimum atomic E-state index is -3.54. The van der Waals surface area contributed by atoms with E-state index in [9.17, 15) is 9.46 Å². The fraction of sp³-hybridized carbons (Fsp3) is 0.400. The van der Waals surface area contributed by atoms with Crippen molar-refractivity contribution in [2.24, 2.45) is 0 Å². The molecule has 0 aliphatic carbocycles. The van der Waals surface area contributed by atoms with Gasteiger partial charge < -0.3 is 4.89 Å². The first-order chi connectivity index (χ1) is 10.4. The van der Waals surface area contributed by atoms with Crippen LogP contribution in [0.4, 0.5) is 0 Å². The topological polar surface area (TPSA) is 37.3 Å². The summed E-state index contributed by atoms with van der Waals surface area (Å²) >= 11 is 0. The Bertz CT molecular complexity index is 653. The summed E-state index contributed by atoms with van der Waals surface area (Å²) in [6.45, 7) is 12.8. The van der Waals surface area contributed by atoms with Crippen LogP contribution in [0, 0.1) is 0 Å². The Morgan fingerprint density at radius 2 is 0.913 bits per heavy atom. The molecule has 0 heterocycles. The standard InChI is InChI=1S/C20H27O2P/c1-19(2,3)15-7-11-17(12-8-15)23(21,22)18-13-9-16(10-14-18)20(4,5)6/h7-14H,1-6H3,(H,21,22). The molecule has 0 radical (unpaired) electrons. The van der Waals surface area contributed by atoms with Gasteiger partial charge in [0.05, 0.1) is 0 Å². The summed E-state index contributed by atoms with van der Waals surface area (Å²) in [6, 6.07) is 14.9. The third-order valence-corrected chi connectivity index (χ3v) is 6.16. The molecule has 2 aromatic rings. The molecule has 1 N–H and O–H groups in total. The zero-order chi connectivity index (χ0) is 17.5. The maximum atomic E-state index is 12.9. The van der Waals surface area contributed by atoms with E-state index in [1.807, 2.05) is 24.3 Å². The van der Waals surface area contributed by atoms with Crippen molar-refractivity contribution in [1.82, 2.24) is 0 Å². The lowest BCUT2D eigenvalue weighted by atomic mass is 9.87. The molecule has 124 valence electrons. The highest BCUT2D eigenvalue weighted by molar-refractivity contribution is 7.73. The van der Waals surface area contributed by atoms with Crippen molar-refractivity contribution in [3.05, 3.63) is 59.7 Å². The molecule has 2 nitrogen and oxygen atoms in total. The average Bonchev–Trinajstić information content (AvgIpc) is 2.46. The molecular weight excluding hydrogens is 303 g/mol. The Kier molecular flexibility index (Phi) is 4.63. The second kappa shape index (κ2) is 5.92. The largest absolute Gasteiger partial charge is 0.338 e. The van der Waals surface area contributed by atoms with E-state index in [0.29, 0.717) is 10.6 Å². The van der Waals surface area contributed by atoms with Crippen LogP contribution < -0.4 is 10.6 Å². The van der Waals surface area contributed by atoms with Gasteiger partial charge in [-0.15, -0.1) is 0 Å². The van der Waals surface area contributed by atoms with Gasteiger partial charge in [0.15, 0.2) is 0 Å². The predicted octanol–water partition coefficient (Wildman–Crippen LogP) is 4.50. The van der Waals surface area contributed by atoms with Crippen molar-refractivity contribution < 1.29 is 9.46 Å². The fourth-order valence-corrected chi connectivity index (χ4v) is 3.88. The fourth-order valence-electron chi connectivity index (χ4n) is 2.48. The zero-order valence-electron chi connectivity index (χ0n) is 14.9. The molecule has 3 heteroatoms. The summed E-state index contributed by atoms with van der Waals surface area (Å²) in [5, 5.41) is 0.961. The van der Waals surface area contributed by atoms with Gasteiger partial charge >= 0.3 is 0 Å².